The topological polar surface area (TPSA) is 55.9 Å². The molecule has 4 rings (SSSR count). The number of aliphatic hydroxyl groups excluding tert-OH is 1. The Morgan fingerprint density at radius 3 is 2.76 bits per heavy atom. The lowest BCUT2D eigenvalue weighted by molar-refractivity contribution is 0.129. The highest BCUT2D eigenvalue weighted by Crippen LogP contribution is 2.35. The molecule has 25 heavy (non-hydrogen) atoms. The van der Waals surface area contributed by atoms with Crippen LogP contribution in [0.1, 0.15) is 35.7 Å². The van der Waals surface area contributed by atoms with Gasteiger partial charge in [-0.2, -0.15) is 5.10 Å². The van der Waals surface area contributed by atoms with Gasteiger partial charge in [0.25, 0.3) is 0 Å². The molecular formula is C19H23ClN4O. The predicted octanol–water partition coefficient (Wildman–Crippen LogP) is 3.44. The molecule has 0 aliphatic heterocycles. The van der Waals surface area contributed by atoms with E-state index >= 15 is 0 Å². The highest BCUT2D eigenvalue weighted by molar-refractivity contribution is 6.35. The van der Waals surface area contributed by atoms with Crippen LogP contribution in [0, 0.1) is 13.8 Å². The fraction of sp³-hybridized carbons (Fsp3) is 0.474. The number of aliphatic hydroxyl groups is 1. The third-order valence-corrected chi connectivity index (χ3v) is 5.39. The Balaban J connectivity index is 1.70. The van der Waals surface area contributed by atoms with Crippen LogP contribution in [0.5, 0.6) is 0 Å². The molecule has 5 nitrogen and oxygen atoms in total. The average Bonchev–Trinajstić information content (AvgIpc) is 3.06. The first kappa shape index (κ1) is 16.6. The van der Waals surface area contributed by atoms with Crippen LogP contribution < -0.4 is 0 Å². The second kappa shape index (κ2) is 6.46. The molecule has 3 aromatic rings. The number of halogens is 1. The van der Waals surface area contributed by atoms with E-state index in [0.29, 0.717) is 13.1 Å². The van der Waals surface area contributed by atoms with Crippen LogP contribution in [-0.2, 0) is 25.9 Å². The summed E-state index contributed by atoms with van der Waals surface area (Å²) in [5, 5.41) is 17.1. The van der Waals surface area contributed by atoms with Gasteiger partial charge in [-0.15, -0.1) is 0 Å². The molecule has 0 saturated heterocycles. The van der Waals surface area contributed by atoms with Gasteiger partial charge in [-0.3, -0.25) is 0 Å². The minimum Gasteiger partial charge on any atom is -0.389 e. The van der Waals surface area contributed by atoms with Gasteiger partial charge in [0, 0.05) is 11.1 Å². The monoisotopic (exact) mass is 358 g/mol. The van der Waals surface area contributed by atoms with Gasteiger partial charge in [-0.05, 0) is 51.2 Å². The smallest absolute Gasteiger partial charge is 0.147 e. The molecule has 2 aromatic heterocycles. The van der Waals surface area contributed by atoms with Gasteiger partial charge in [0.2, 0.25) is 0 Å². The summed E-state index contributed by atoms with van der Waals surface area (Å²) in [4.78, 5) is 4.31. The highest BCUT2D eigenvalue weighted by atomic mass is 35.5. The number of benzene rings is 1. The molecule has 132 valence electrons. The number of hydrogen-bond acceptors (Lipinski definition) is 3. The molecule has 0 unspecified atom stereocenters. The van der Waals surface area contributed by atoms with E-state index in [4.69, 9.17) is 11.6 Å². The lowest BCUT2D eigenvalue weighted by Gasteiger charge is -2.19. The van der Waals surface area contributed by atoms with E-state index in [9.17, 15) is 5.11 Å². The molecule has 2 heterocycles. The SMILES string of the molecule is Cc1nc(C)n(C[C@@H](O)Cn2c3c(c4cccc(Cl)c42)CCCC3)n1. The quantitative estimate of drug-likeness (QED) is 0.777. The summed E-state index contributed by atoms with van der Waals surface area (Å²) in [6.45, 7) is 4.74. The molecule has 6 heteroatoms. The van der Waals surface area contributed by atoms with Crippen molar-refractivity contribution in [3.8, 4) is 0 Å². The Morgan fingerprint density at radius 2 is 2.00 bits per heavy atom. The Kier molecular flexibility index (Phi) is 4.29. The van der Waals surface area contributed by atoms with E-state index in [1.165, 1.54) is 29.5 Å². The van der Waals surface area contributed by atoms with Gasteiger partial charge in [0.05, 0.1) is 29.7 Å². The second-order valence-electron chi connectivity index (χ2n) is 6.92. The molecule has 0 bridgehead atoms. The summed E-state index contributed by atoms with van der Waals surface area (Å²) in [6, 6.07) is 6.10. The number of hydrogen-bond donors (Lipinski definition) is 1. The largest absolute Gasteiger partial charge is 0.389 e. The molecule has 0 amide bonds. The van der Waals surface area contributed by atoms with E-state index in [2.05, 4.69) is 20.7 Å². The van der Waals surface area contributed by atoms with Crippen molar-refractivity contribution in [3.63, 3.8) is 0 Å². The molecule has 0 radical (unpaired) electrons. The molecule has 1 aromatic carbocycles. The zero-order valence-corrected chi connectivity index (χ0v) is 15.4. The average molecular weight is 359 g/mol. The van der Waals surface area contributed by atoms with E-state index in [1.54, 1.807) is 4.68 Å². The number of nitrogens with zero attached hydrogens (tertiary/aromatic N) is 4. The van der Waals surface area contributed by atoms with Crippen molar-refractivity contribution in [1.82, 2.24) is 19.3 Å². The van der Waals surface area contributed by atoms with Gasteiger partial charge in [-0.25, -0.2) is 9.67 Å². The van der Waals surface area contributed by atoms with Crippen molar-refractivity contribution in [2.24, 2.45) is 0 Å². The maximum atomic E-state index is 10.7. The zero-order chi connectivity index (χ0) is 17.6. The molecule has 0 fully saturated rings. The Hall–Kier alpha value is -1.85. The maximum absolute atomic E-state index is 10.7. The van der Waals surface area contributed by atoms with Crippen LogP contribution in [0.2, 0.25) is 5.02 Å². The third-order valence-electron chi connectivity index (χ3n) is 5.09. The van der Waals surface area contributed by atoms with Crippen LogP contribution in [0.3, 0.4) is 0 Å². The molecule has 0 saturated carbocycles. The summed E-state index contributed by atoms with van der Waals surface area (Å²) in [5.41, 5.74) is 3.80. The standard InChI is InChI=1S/C19H23ClN4O/c1-12-21-13(2)24(22-12)11-14(25)10-23-18-9-4-3-6-15(18)16-7-5-8-17(20)19(16)23/h5,7-8,14,25H,3-4,6,9-11H2,1-2H3/t14-/m0/s1. The molecular weight excluding hydrogens is 336 g/mol. The summed E-state index contributed by atoms with van der Waals surface area (Å²) in [7, 11) is 0. The first-order valence-corrected chi connectivity index (χ1v) is 9.27. The minimum absolute atomic E-state index is 0.436. The zero-order valence-electron chi connectivity index (χ0n) is 14.7. The Labute approximate surface area is 152 Å². The van der Waals surface area contributed by atoms with Crippen LogP contribution in [0.4, 0.5) is 0 Å². The second-order valence-corrected chi connectivity index (χ2v) is 7.33. The fourth-order valence-corrected chi connectivity index (χ4v) is 4.33. The Bertz CT molecular complexity index is 927. The van der Waals surface area contributed by atoms with Crippen molar-refractivity contribution >= 4 is 22.5 Å². The molecule has 1 aliphatic rings. The molecule has 1 aliphatic carbocycles. The van der Waals surface area contributed by atoms with E-state index in [1.807, 2.05) is 26.0 Å². The van der Waals surface area contributed by atoms with Crippen LogP contribution >= 0.6 is 11.6 Å². The first-order chi connectivity index (χ1) is 12.0. The fourth-order valence-electron chi connectivity index (χ4n) is 4.05. The predicted molar refractivity (Wildman–Crippen MR) is 99.1 cm³/mol. The third kappa shape index (κ3) is 2.96. The summed E-state index contributed by atoms with van der Waals surface area (Å²) in [6.07, 6.45) is 4.01. The van der Waals surface area contributed by atoms with Crippen molar-refractivity contribution in [2.75, 3.05) is 0 Å². The van der Waals surface area contributed by atoms with Crippen LogP contribution in [0.15, 0.2) is 18.2 Å². The highest BCUT2D eigenvalue weighted by Gasteiger charge is 2.23. The number of para-hydroxylation sites is 1. The van der Waals surface area contributed by atoms with Gasteiger partial charge < -0.3 is 9.67 Å². The summed E-state index contributed by atoms with van der Waals surface area (Å²) < 4.78 is 4.01. The lowest BCUT2D eigenvalue weighted by Crippen LogP contribution is -2.25. The number of fused-ring (bicyclic) bond motifs is 3. The molecule has 0 spiro atoms. The number of rotatable bonds is 4. The van der Waals surface area contributed by atoms with Crippen molar-refractivity contribution < 1.29 is 5.11 Å². The molecule has 1 N–H and O–H groups in total. The van der Waals surface area contributed by atoms with E-state index in [-0.39, 0.29) is 0 Å². The minimum atomic E-state index is -0.544. The lowest BCUT2D eigenvalue weighted by atomic mass is 9.95. The van der Waals surface area contributed by atoms with Crippen molar-refractivity contribution in [3.05, 3.63) is 46.1 Å². The van der Waals surface area contributed by atoms with Gasteiger partial charge in [-0.1, -0.05) is 23.7 Å². The van der Waals surface area contributed by atoms with Crippen LogP contribution in [0.25, 0.3) is 10.9 Å². The molecule has 1 atom stereocenters. The summed E-state index contributed by atoms with van der Waals surface area (Å²) >= 11 is 6.52. The normalized spacial score (nSPS) is 15.5. The summed E-state index contributed by atoms with van der Waals surface area (Å²) in [5.74, 6) is 1.56. The number of aryl methyl sites for hydroxylation is 3. The Morgan fingerprint density at radius 1 is 1.20 bits per heavy atom. The van der Waals surface area contributed by atoms with Crippen molar-refractivity contribution in [2.45, 2.75) is 58.7 Å². The number of aromatic nitrogens is 4. The van der Waals surface area contributed by atoms with Gasteiger partial charge in [0.1, 0.15) is 11.6 Å². The first-order valence-electron chi connectivity index (χ1n) is 8.89. The maximum Gasteiger partial charge on any atom is 0.147 e. The van der Waals surface area contributed by atoms with Gasteiger partial charge >= 0.3 is 0 Å². The van der Waals surface area contributed by atoms with E-state index < -0.39 is 6.10 Å². The van der Waals surface area contributed by atoms with Crippen LogP contribution in [-0.4, -0.2) is 30.5 Å². The van der Waals surface area contributed by atoms with Gasteiger partial charge in [0.15, 0.2) is 0 Å². The van der Waals surface area contributed by atoms with E-state index in [0.717, 1.165) is 35.0 Å². The van der Waals surface area contributed by atoms with Crippen molar-refractivity contribution in [1.29, 1.82) is 0 Å².